The second kappa shape index (κ2) is 9.52. The van der Waals surface area contributed by atoms with Crippen molar-refractivity contribution in [3.05, 3.63) is 101 Å². The van der Waals surface area contributed by atoms with Gasteiger partial charge in [0.2, 0.25) is 0 Å². The lowest BCUT2D eigenvalue weighted by atomic mass is 10.1. The third-order valence-electron chi connectivity index (χ3n) is 4.44. The molecular weight excluding hydrogens is 380 g/mol. The number of carbonyl (C=O) groups is 3. The van der Waals surface area contributed by atoms with Crippen LogP contribution in [0.15, 0.2) is 72.8 Å². The summed E-state index contributed by atoms with van der Waals surface area (Å²) in [5.74, 6) is -1.05. The summed E-state index contributed by atoms with van der Waals surface area (Å²) in [6.07, 6.45) is 0. The molecule has 2 N–H and O–H groups in total. The summed E-state index contributed by atoms with van der Waals surface area (Å²) >= 11 is 0. The molecule has 6 nitrogen and oxygen atoms in total. The van der Waals surface area contributed by atoms with Crippen LogP contribution >= 0.6 is 0 Å². The molecule has 0 heterocycles. The highest BCUT2D eigenvalue weighted by Crippen LogP contribution is 2.18. The average molecular weight is 402 g/mol. The summed E-state index contributed by atoms with van der Waals surface area (Å²) in [6.45, 7) is 2.10. The average Bonchev–Trinajstić information content (AvgIpc) is 2.77. The van der Waals surface area contributed by atoms with Crippen molar-refractivity contribution in [2.45, 2.75) is 13.5 Å². The zero-order valence-electron chi connectivity index (χ0n) is 16.8. The van der Waals surface area contributed by atoms with E-state index in [1.807, 2.05) is 25.1 Å². The number of benzene rings is 3. The summed E-state index contributed by atoms with van der Waals surface area (Å²) in [5.41, 5.74) is 3.41. The van der Waals surface area contributed by atoms with Gasteiger partial charge in [-0.15, -0.1) is 0 Å². The second-order valence-electron chi connectivity index (χ2n) is 6.78. The minimum absolute atomic E-state index is 0.186. The molecule has 0 unspecified atom stereocenters. The summed E-state index contributed by atoms with van der Waals surface area (Å²) < 4.78 is 4.80. The summed E-state index contributed by atoms with van der Waals surface area (Å²) in [4.78, 5) is 36.9. The molecule has 0 radical (unpaired) electrons. The summed E-state index contributed by atoms with van der Waals surface area (Å²) in [7, 11) is 1.29. The molecule has 2 amide bonds. The molecule has 0 aliphatic rings. The van der Waals surface area contributed by atoms with E-state index in [1.54, 1.807) is 54.6 Å². The molecule has 30 heavy (non-hydrogen) atoms. The van der Waals surface area contributed by atoms with Crippen LogP contribution in [0.2, 0.25) is 0 Å². The van der Waals surface area contributed by atoms with Crippen molar-refractivity contribution in [1.29, 1.82) is 0 Å². The van der Waals surface area contributed by atoms with Crippen LogP contribution in [-0.2, 0) is 11.3 Å². The van der Waals surface area contributed by atoms with Crippen LogP contribution in [0.25, 0.3) is 0 Å². The number of anilines is 1. The first-order chi connectivity index (χ1) is 14.5. The van der Waals surface area contributed by atoms with Crippen LogP contribution in [0.5, 0.6) is 0 Å². The lowest BCUT2D eigenvalue weighted by molar-refractivity contribution is 0.0600. The molecule has 0 aliphatic carbocycles. The Morgan fingerprint density at radius 3 is 2.23 bits per heavy atom. The maximum atomic E-state index is 12.5. The Hall–Kier alpha value is -3.93. The number of rotatable bonds is 6. The molecule has 152 valence electrons. The van der Waals surface area contributed by atoms with Gasteiger partial charge in [-0.25, -0.2) is 4.79 Å². The Morgan fingerprint density at radius 1 is 0.800 bits per heavy atom. The van der Waals surface area contributed by atoms with Crippen molar-refractivity contribution < 1.29 is 19.1 Å². The molecule has 0 saturated heterocycles. The van der Waals surface area contributed by atoms with Crippen molar-refractivity contribution >= 4 is 23.5 Å². The maximum Gasteiger partial charge on any atom is 0.337 e. The first kappa shape index (κ1) is 20.8. The second-order valence-corrected chi connectivity index (χ2v) is 6.78. The lowest BCUT2D eigenvalue weighted by Crippen LogP contribution is -2.23. The number of aryl methyl sites for hydroxylation is 1. The predicted octanol–water partition coefficient (Wildman–Crippen LogP) is 3.96. The lowest BCUT2D eigenvalue weighted by Gasteiger charge is -2.12. The van der Waals surface area contributed by atoms with Crippen LogP contribution in [-0.4, -0.2) is 24.9 Å². The van der Waals surface area contributed by atoms with Gasteiger partial charge in [0.15, 0.2) is 0 Å². The molecule has 0 saturated carbocycles. The zero-order chi connectivity index (χ0) is 21.5. The maximum absolute atomic E-state index is 12.5. The Morgan fingerprint density at radius 2 is 1.53 bits per heavy atom. The van der Waals surface area contributed by atoms with Gasteiger partial charge in [-0.1, -0.05) is 35.9 Å². The van der Waals surface area contributed by atoms with E-state index in [9.17, 15) is 14.4 Å². The minimum Gasteiger partial charge on any atom is -0.465 e. The fourth-order valence-corrected chi connectivity index (χ4v) is 2.97. The number of ether oxygens (including phenoxy) is 1. The number of esters is 1. The van der Waals surface area contributed by atoms with Gasteiger partial charge in [-0.2, -0.15) is 0 Å². The van der Waals surface area contributed by atoms with E-state index in [4.69, 9.17) is 4.74 Å². The van der Waals surface area contributed by atoms with Gasteiger partial charge in [0.05, 0.1) is 12.7 Å². The molecule has 3 rings (SSSR count). The zero-order valence-corrected chi connectivity index (χ0v) is 16.8. The number of amides is 2. The van der Waals surface area contributed by atoms with E-state index in [2.05, 4.69) is 10.6 Å². The number of methoxy groups -OCH3 is 1. The van der Waals surface area contributed by atoms with E-state index in [0.29, 0.717) is 22.4 Å². The van der Waals surface area contributed by atoms with Crippen molar-refractivity contribution in [3.8, 4) is 0 Å². The SMILES string of the molecule is COC(=O)c1cc(CNC(=O)c2cccc(C)c2)cc(NC(=O)c2ccccc2)c1. The van der Waals surface area contributed by atoms with Gasteiger partial charge in [0, 0.05) is 23.4 Å². The first-order valence-electron chi connectivity index (χ1n) is 9.40. The number of carbonyl (C=O) groups excluding carboxylic acids is 3. The van der Waals surface area contributed by atoms with Crippen LogP contribution in [0.3, 0.4) is 0 Å². The normalized spacial score (nSPS) is 10.2. The highest BCUT2D eigenvalue weighted by molar-refractivity contribution is 6.05. The molecule has 6 heteroatoms. The number of hydrogen-bond acceptors (Lipinski definition) is 4. The van der Waals surface area contributed by atoms with Crippen molar-refractivity contribution in [3.63, 3.8) is 0 Å². The molecule has 0 fully saturated rings. The highest BCUT2D eigenvalue weighted by Gasteiger charge is 2.13. The molecule has 0 bridgehead atoms. The summed E-state index contributed by atoms with van der Waals surface area (Å²) in [5, 5.41) is 5.62. The van der Waals surface area contributed by atoms with E-state index < -0.39 is 5.97 Å². The molecule has 0 aliphatic heterocycles. The third kappa shape index (κ3) is 5.32. The molecule has 0 spiro atoms. The monoisotopic (exact) mass is 402 g/mol. The minimum atomic E-state index is -0.530. The fourth-order valence-electron chi connectivity index (χ4n) is 2.97. The smallest absolute Gasteiger partial charge is 0.337 e. The van der Waals surface area contributed by atoms with Gasteiger partial charge in [0.25, 0.3) is 11.8 Å². The van der Waals surface area contributed by atoms with Crippen molar-refractivity contribution in [2.24, 2.45) is 0 Å². The van der Waals surface area contributed by atoms with Gasteiger partial charge in [0.1, 0.15) is 0 Å². The Bertz CT molecular complexity index is 1080. The molecule has 0 aromatic heterocycles. The molecule has 0 atom stereocenters. The van der Waals surface area contributed by atoms with Crippen molar-refractivity contribution in [2.75, 3.05) is 12.4 Å². The first-order valence-corrected chi connectivity index (χ1v) is 9.40. The number of hydrogen-bond donors (Lipinski definition) is 2. The van der Waals surface area contributed by atoms with Gasteiger partial charge >= 0.3 is 5.97 Å². The standard InChI is InChI=1S/C24H22N2O4/c1-16-7-6-10-19(11-16)22(27)25-15-17-12-20(24(29)30-2)14-21(13-17)26-23(28)18-8-4-3-5-9-18/h3-14H,15H2,1-2H3,(H,25,27)(H,26,28). The van der Waals surface area contributed by atoms with Gasteiger partial charge in [-0.05, 0) is 55.0 Å². The molecule has 3 aromatic rings. The Kier molecular flexibility index (Phi) is 6.60. The Labute approximate surface area is 174 Å². The van der Waals surface area contributed by atoms with E-state index in [0.717, 1.165) is 5.56 Å². The van der Waals surface area contributed by atoms with Crippen molar-refractivity contribution in [1.82, 2.24) is 5.32 Å². The topological polar surface area (TPSA) is 84.5 Å². The van der Waals surface area contributed by atoms with E-state index in [1.165, 1.54) is 7.11 Å². The quantitative estimate of drug-likeness (QED) is 0.611. The summed E-state index contributed by atoms with van der Waals surface area (Å²) in [6, 6.07) is 20.9. The van der Waals surface area contributed by atoms with E-state index >= 15 is 0 Å². The van der Waals surface area contributed by atoms with Crippen LogP contribution < -0.4 is 10.6 Å². The largest absolute Gasteiger partial charge is 0.465 e. The van der Waals surface area contributed by atoms with E-state index in [-0.39, 0.29) is 23.9 Å². The van der Waals surface area contributed by atoms with Crippen LogP contribution in [0, 0.1) is 6.92 Å². The number of nitrogens with one attached hydrogen (secondary N) is 2. The highest BCUT2D eigenvalue weighted by atomic mass is 16.5. The predicted molar refractivity (Wildman–Crippen MR) is 115 cm³/mol. The van der Waals surface area contributed by atoms with Gasteiger partial charge < -0.3 is 15.4 Å². The third-order valence-corrected chi connectivity index (χ3v) is 4.44. The molecular formula is C24H22N2O4. The van der Waals surface area contributed by atoms with Gasteiger partial charge in [-0.3, -0.25) is 9.59 Å². The molecule has 3 aromatic carbocycles. The fraction of sp³-hybridized carbons (Fsp3) is 0.125. The Balaban J connectivity index is 1.79. The van der Waals surface area contributed by atoms with Crippen LogP contribution in [0.4, 0.5) is 5.69 Å². The van der Waals surface area contributed by atoms with Crippen LogP contribution in [0.1, 0.15) is 42.2 Å².